The fraction of sp³-hybridized carbons (Fsp3) is 0.409. The van der Waals surface area contributed by atoms with Crippen molar-refractivity contribution < 1.29 is 22.7 Å². The van der Waals surface area contributed by atoms with E-state index in [4.69, 9.17) is 9.47 Å². The van der Waals surface area contributed by atoms with Crippen molar-refractivity contribution in [3.63, 3.8) is 0 Å². The van der Waals surface area contributed by atoms with Crippen LogP contribution in [0, 0.1) is 6.92 Å². The molecule has 2 rings (SSSR count). The van der Waals surface area contributed by atoms with Gasteiger partial charge in [-0.2, -0.15) is 0 Å². The molecule has 7 nitrogen and oxygen atoms in total. The van der Waals surface area contributed by atoms with Gasteiger partial charge in [-0.05, 0) is 55.7 Å². The van der Waals surface area contributed by atoms with Crippen molar-refractivity contribution >= 4 is 21.6 Å². The van der Waals surface area contributed by atoms with Gasteiger partial charge in [0, 0.05) is 0 Å². The van der Waals surface area contributed by atoms with Crippen LogP contribution in [0.4, 0.5) is 5.69 Å². The van der Waals surface area contributed by atoms with Crippen LogP contribution in [-0.2, 0) is 14.8 Å². The zero-order valence-electron chi connectivity index (χ0n) is 18.3. The number of sulfonamides is 1. The number of rotatable bonds is 9. The molecule has 0 aliphatic heterocycles. The Morgan fingerprint density at radius 1 is 1.10 bits per heavy atom. The van der Waals surface area contributed by atoms with Crippen molar-refractivity contribution in [2.75, 3.05) is 24.8 Å². The zero-order chi connectivity index (χ0) is 22.5. The summed E-state index contributed by atoms with van der Waals surface area (Å²) in [5.74, 6) is 0.711. The second-order valence-electron chi connectivity index (χ2n) is 7.15. The summed E-state index contributed by atoms with van der Waals surface area (Å²) in [6.45, 7) is 5.38. The molecule has 0 heterocycles. The number of benzene rings is 2. The largest absolute Gasteiger partial charge is 0.497 e. The lowest BCUT2D eigenvalue weighted by Crippen LogP contribution is -2.48. The average Bonchev–Trinajstić information content (AvgIpc) is 2.71. The first-order chi connectivity index (χ1) is 14.1. The number of nitrogens with zero attached hydrogens (tertiary/aromatic N) is 1. The smallest absolute Gasteiger partial charge is 0.244 e. The van der Waals surface area contributed by atoms with Gasteiger partial charge in [-0.15, -0.1) is 0 Å². The molecule has 0 aliphatic carbocycles. The van der Waals surface area contributed by atoms with E-state index in [0.29, 0.717) is 17.9 Å². The van der Waals surface area contributed by atoms with Gasteiger partial charge in [0.25, 0.3) is 0 Å². The number of nitrogens with one attached hydrogen (secondary N) is 1. The van der Waals surface area contributed by atoms with Crippen LogP contribution in [0.15, 0.2) is 42.5 Å². The summed E-state index contributed by atoms with van der Waals surface area (Å²) in [4.78, 5) is 13.1. The first-order valence-corrected chi connectivity index (χ1v) is 11.6. The van der Waals surface area contributed by atoms with Gasteiger partial charge in [0.2, 0.25) is 15.9 Å². The molecule has 0 saturated carbocycles. The molecule has 0 fully saturated rings. The van der Waals surface area contributed by atoms with Crippen molar-refractivity contribution in [2.24, 2.45) is 0 Å². The molecule has 2 aromatic rings. The third-order valence-electron chi connectivity index (χ3n) is 4.90. The van der Waals surface area contributed by atoms with Crippen molar-refractivity contribution in [1.82, 2.24) is 5.32 Å². The molecular weight excluding hydrogens is 404 g/mol. The maximum Gasteiger partial charge on any atom is 0.244 e. The van der Waals surface area contributed by atoms with Crippen LogP contribution in [0.2, 0.25) is 0 Å². The highest BCUT2D eigenvalue weighted by atomic mass is 32.2. The molecule has 8 heteroatoms. The summed E-state index contributed by atoms with van der Waals surface area (Å²) >= 11 is 0. The van der Waals surface area contributed by atoms with Crippen molar-refractivity contribution in [1.29, 1.82) is 0 Å². The van der Waals surface area contributed by atoms with Crippen LogP contribution in [0.1, 0.15) is 37.4 Å². The SMILES string of the molecule is CC[C@@H](NC(=O)[C@H](C)N(c1cc(C)ccc1OC)S(C)(=O)=O)c1ccc(OC)cc1. The van der Waals surface area contributed by atoms with E-state index in [-0.39, 0.29) is 6.04 Å². The lowest BCUT2D eigenvalue weighted by atomic mass is 10.0. The number of aryl methyl sites for hydroxylation is 1. The summed E-state index contributed by atoms with van der Waals surface area (Å²) < 4.78 is 36.9. The number of carbonyl (C=O) groups is 1. The molecular formula is C22H30N2O5S. The predicted molar refractivity (Wildman–Crippen MR) is 119 cm³/mol. The monoisotopic (exact) mass is 434 g/mol. The van der Waals surface area contributed by atoms with Gasteiger partial charge in [-0.25, -0.2) is 8.42 Å². The summed E-state index contributed by atoms with van der Waals surface area (Å²) in [6, 6.07) is 11.4. The van der Waals surface area contributed by atoms with Crippen LogP contribution in [0.5, 0.6) is 11.5 Å². The van der Waals surface area contributed by atoms with E-state index in [9.17, 15) is 13.2 Å². The molecule has 164 valence electrons. The second kappa shape index (κ2) is 9.84. The predicted octanol–water partition coefficient (Wildman–Crippen LogP) is 3.43. The molecule has 0 aliphatic rings. The molecule has 0 unspecified atom stereocenters. The molecule has 0 radical (unpaired) electrons. The molecule has 1 amide bonds. The van der Waals surface area contributed by atoms with Gasteiger partial charge in [0.15, 0.2) is 0 Å². The van der Waals surface area contributed by atoms with Gasteiger partial charge in [-0.3, -0.25) is 9.10 Å². The quantitative estimate of drug-likeness (QED) is 0.654. The van der Waals surface area contributed by atoms with Crippen LogP contribution in [-0.4, -0.2) is 40.8 Å². The Kier molecular flexibility index (Phi) is 7.72. The molecule has 2 aromatic carbocycles. The summed E-state index contributed by atoms with van der Waals surface area (Å²) in [5.41, 5.74) is 2.11. The first kappa shape index (κ1) is 23.5. The highest BCUT2D eigenvalue weighted by molar-refractivity contribution is 7.92. The lowest BCUT2D eigenvalue weighted by Gasteiger charge is -2.31. The maximum absolute atomic E-state index is 13.1. The van der Waals surface area contributed by atoms with E-state index in [2.05, 4.69) is 5.32 Å². The van der Waals surface area contributed by atoms with E-state index in [1.807, 2.05) is 44.2 Å². The number of methoxy groups -OCH3 is 2. The summed E-state index contributed by atoms with van der Waals surface area (Å²) in [7, 11) is -0.691. The van der Waals surface area contributed by atoms with Gasteiger partial charge in [0.05, 0.1) is 32.2 Å². The van der Waals surface area contributed by atoms with E-state index in [1.165, 1.54) is 7.11 Å². The minimum Gasteiger partial charge on any atom is -0.497 e. The van der Waals surface area contributed by atoms with Crippen molar-refractivity contribution in [3.8, 4) is 11.5 Å². The number of amides is 1. The van der Waals surface area contributed by atoms with Gasteiger partial charge in [-0.1, -0.05) is 25.1 Å². The molecule has 0 aromatic heterocycles. The molecule has 1 N–H and O–H groups in total. The standard InChI is InChI=1S/C22H30N2O5S/c1-7-19(17-9-11-18(28-4)12-10-17)23-22(25)16(3)24(30(6,26)27)20-14-15(2)8-13-21(20)29-5/h8-14,16,19H,7H2,1-6H3,(H,23,25)/t16-,19+/m0/s1. The number of hydrogen-bond acceptors (Lipinski definition) is 5. The normalized spacial score (nSPS) is 13.3. The second-order valence-corrected chi connectivity index (χ2v) is 9.01. The Morgan fingerprint density at radius 2 is 1.73 bits per heavy atom. The van der Waals surface area contributed by atoms with Gasteiger partial charge in [0.1, 0.15) is 17.5 Å². The van der Waals surface area contributed by atoms with Gasteiger partial charge >= 0.3 is 0 Å². The number of carbonyl (C=O) groups excluding carboxylic acids is 1. The highest BCUT2D eigenvalue weighted by Gasteiger charge is 2.32. The Labute approximate surface area is 179 Å². The summed E-state index contributed by atoms with van der Waals surface area (Å²) in [5, 5.41) is 2.97. The topological polar surface area (TPSA) is 84.9 Å². The fourth-order valence-electron chi connectivity index (χ4n) is 3.30. The van der Waals surface area contributed by atoms with E-state index < -0.39 is 22.0 Å². The van der Waals surface area contributed by atoms with Crippen LogP contribution in [0.3, 0.4) is 0 Å². The Morgan fingerprint density at radius 3 is 2.23 bits per heavy atom. The van der Waals surface area contributed by atoms with E-state index >= 15 is 0 Å². The third kappa shape index (κ3) is 5.44. The fourth-order valence-corrected chi connectivity index (χ4v) is 4.47. The Bertz CT molecular complexity index is 974. The lowest BCUT2D eigenvalue weighted by molar-refractivity contribution is -0.122. The molecule has 0 spiro atoms. The summed E-state index contributed by atoms with van der Waals surface area (Å²) in [6.07, 6.45) is 1.73. The van der Waals surface area contributed by atoms with Crippen LogP contribution in [0.25, 0.3) is 0 Å². The van der Waals surface area contributed by atoms with Crippen molar-refractivity contribution in [2.45, 2.75) is 39.3 Å². The molecule has 0 bridgehead atoms. The zero-order valence-corrected chi connectivity index (χ0v) is 19.1. The minimum atomic E-state index is -3.75. The number of anilines is 1. The molecule has 0 saturated heterocycles. The minimum absolute atomic E-state index is 0.258. The average molecular weight is 435 g/mol. The van der Waals surface area contributed by atoms with Crippen LogP contribution >= 0.6 is 0 Å². The number of ether oxygens (including phenoxy) is 2. The van der Waals surface area contributed by atoms with E-state index in [1.54, 1.807) is 26.2 Å². The first-order valence-electron chi connectivity index (χ1n) is 9.70. The molecule has 2 atom stereocenters. The molecule has 30 heavy (non-hydrogen) atoms. The maximum atomic E-state index is 13.1. The van der Waals surface area contributed by atoms with Crippen LogP contribution < -0.4 is 19.1 Å². The van der Waals surface area contributed by atoms with E-state index in [0.717, 1.165) is 27.4 Å². The Balaban J connectivity index is 2.34. The van der Waals surface area contributed by atoms with Crippen molar-refractivity contribution in [3.05, 3.63) is 53.6 Å². The number of hydrogen-bond donors (Lipinski definition) is 1. The highest BCUT2D eigenvalue weighted by Crippen LogP contribution is 2.33. The Hall–Kier alpha value is -2.74. The van der Waals surface area contributed by atoms with Gasteiger partial charge < -0.3 is 14.8 Å². The third-order valence-corrected chi connectivity index (χ3v) is 6.13.